The average Bonchev–Trinajstić information content (AvgIpc) is 2.16. The Labute approximate surface area is 76.7 Å². The van der Waals surface area contributed by atoms with Crippen molar-refractivity contribution in [2.75, 3.05) is 13.2 Å². The highest BCUT2D eigenvalue weighted by molar-refractivity contribution is 5.81. The van der Waals surface area contributed by atoms with Crippen molar-refractivity contribution >= 4 is 11.8 Å². The van der Waals surface area contributed by atoms with Gasteiger partial charge in [0, 0.05) is 19.3 Å². The van der Waals surface area contributed by atoms with Gasteiger partial charge in [0.05, 0.1) is 5.41 Å². The van der Waals surface area contributed by atoms with Crippen molar-refractivity contribution in [3.8, 4) is 0 Å². The van der Waals surface area contributed by atoms with E-state index in [1.165, 1.54) is 6.08 Å². The summed E-state index contributed by atoms with van der Waals surface area (Å²) in [6, 6.07) is 0. The van der Waals surface area contributed by atoms with Crippen LogP contribution in [0.25, 0.3) is 0 Å². The number of hydrogen-bond donors (Lipinski definition) is 1. The fourth-order valence-corrected chi connectivity index (χ4v) is 1.55. The van der Waals surface area contributed by atoms with Gasteiger partial charge in [0.1, 0.15) is 5.94 Å². The maximum Gasteiger partial charge on any atom is 0.224 e. The molecule has 2 N–H and O–H groups in total. The number of nitrogens with two attached hydrogens (primary N) is 1. The molecule has 0 radical (unpaired) electrons. The van der Waals surface area contributed by atoms with E-state index in [0.29, 0.717) is 32.5 Å². The summed E-state index contributed by atoms with van der Waals surface area (Å²) in [6.45, 7) is 1.07. The van der Waals surface area contributed by atoms with Crippen molar-refractivity contribution in [1.82, 2.24) is 0 Å². The second kappa shape index (κ2) is 4.21. The quantitative estimate of drug-likeness (QED) is 0.628. The predicted octanol–water partition coefficient (Wildman–Crippen LogP) is 0.0464. The van der Waals surface area contributed by atoms with Gasteiger partial charge in [0.25, 0.3) is 0 Å². The molecule has 0 bridgehead atoms. The average molecular weight is 183 g/mol. The van der Waals surface area contributed by atoms with Gasteiger partial charge >= 0.3 is 0 Å². The van der Waals surface area contributed by atoms with Crippen LogP contribution in [0.4, 0.5) is 0 Å². The number of ether oxygens (including phenoxy) is 1. The Balaban J connectivity index is 2.72. The Morgan fingerprint density at radius 3 is 2.62 bits per heavy atom. The van der Waals surface area contributed by atoms with E-state index in [1.54, 1.807) is 5.94 Å². The third-order valence-corrected chi connectivity index (χ3v) is 2.55. The van der Waals surface area contributed by atoms with Crippen LogP contribution in [0, 0.1) is 5.41 Å². The summed E-state index contributed by atoms with van der Waals surface area (Å²) in [5, 5.41) is 0. The van der Waals surface area contributed by atoms with Crippen LogP contribution in [-0.4, -0.2) is 25.1 Å². The third-order valence-electron chi connectivity index (χ3n) is 2.55. The van der Waals surface area contributed by atoms with Gasteiger partial charge in [0.2, 0.25) is 5.91 Å². The molecule has 1 aliphatic heterocycles. The zero-order valence-corrected chi connectivity index (χ0v) is 7.41. The van der Waals surface area contributed by atoms with E-state index >= 15 is 0 Å². The van der Waals surface area contributed by atoms with Gasteiger partial charge in [-0.1, -0.05) is 0 Å². The minimum absolute atomic E-state index is 0.345. The fourth-order valence-electron chi connectivity index (χ4n) is 1.55. The maximum absolute atomic E-state index is 11.2. The molecule has 1 amide bonds. The molecule has 1 heterocycles. The number of allylic oxidation sites excluding steroid dienone is 1. The largest absolute Gasteiger partial charge is 0.381 e. The monoisotopic (exact) mass is 183 g/mol. The Morgan fingerprint density at radius 1 is 1.54 bits per heavy atom. The standard InChI is InChI=1S/C9H13NO3/c10-8(12)9(2-1-5-11)3-6-13-7-4-9/h1H,2-4,6-7H2,(H2,10,12). The van der Waals surface area contributed by atoms with Crippen molar-refractivity contribution in [3.05, 3.63) is 6.08 Å². The molecule has 0 atom stereocenters. The smallest absolute Gasteiger partial charge is 0.224 e. The minimum Gasteiger partial charge on any atom is -0.381 e. The predicted molar refractivity (Wildman–Crippen MR) is 46.6 cm³/mol. The lowest BCUT2D eigenvalue weighted by atomic mass is 9.77. The van der Waals surface area contributed by atoms with Gasteiger partial charge in [-0.15, -0.1) is 0 Å². The molecule has 1 saturated heterocycles. The highest BCUT2D eigenvalue weighted by Gasteiger charge is 2.37. The molecule has 0 saturated carbocycles. The van der Waals surface area contributed by atoms with Gasteiger partial charge in [-0.2, -0.15) is 0 Å². The first-order chi connectivity index (χ1) is 6.21. The first-order valence-corrected chi connectivity index (χ1v) is 4.28. The van der Waals surface area contributed by atoms with Crippen LogP contribution in [0.1, 0.15) is 19.3 Å². The van der Waals surface area contributed by atoms with Crippen molar-refractivity contribution in [1.29, 1.82) is 0 Å². The van der Waals surface area contributed by atoms with Gasteiger partial charge < -0.3 is 10.5 Å². The van der Waals surface area contributed by atoms with Gasteiger partial charge in [0.15, 0.2) is 0 Å². The van der Waals surface area contributed by atoms with Crippen molar-refractivity contribution in [2.24, 2.45) is 11.1 Å². The van der Waals surface area contributed by atoms with E-state index in [-0.39, 0.29) is 5.91 Å². The number of carbonyl (C=O) groups excluding carboxylic acids is 2. The molecule has 1 fully saturated rings. The molecule has 4 nitrogen and oxygen atoms in total. The minimum atomic E-state index is -0.574. The highest BCUT2D eigenvalue weighted by Crippen LogP contribution is 2.33. The zero-order chi connectivity index (χ0) is 9.73. The molecule has 0 aromatic rings. The van der Waals surface area contributed by atoms with Gasteiger partial charge in [-0.05, 0) is 19.3 Å². The van der Waals surface area contributed by atoms with E-state index in [1.807, 2.05) is 0 Å². The summed E-state index contributed by atoms with van der Waals surface area (Å²) in [4.78, 5) is 21.2. The van der Waals surface area contributed by atoms with E-state index in [4.69, 9.17) is 10.5 Å². The van der Waals surface area contributed by atoms with Crippen LogP contribution in [0.2, 0.25) is 0 Å². The highest BCUT2D eigenvalue weighted by atomic mass is 16.5. The van der Waals surface area contributed by atoms with Crippen LogP contribution in [0.5, 0.6) is 0 Å². The van der Waals surface area contributed by atoms with E-state index < -0.39 is 5.41 Å². The molecule has 0 unspecified atom stereocenters. The van der Waals surface area contributed by atoms with Crippen LogP contribution in [0.15, 0.2) is 6.08 Å². The second-order valence-corrected chi connectivity index (χ2v) is 3.28. The van der Waals surface area contributed by atoms with Crippen molar-refractivity contribution in [2.45, 2.75) is 19.3 Å². The number of amides is 1. The van der Waals surface area contributed by atoms with E-state index in [9.17, 15) is 9.59 Å². The normalized spacial score (nSPS) is 20.3. The van der Waals surface area contributed by atoms with Crippen molar-refractivity contribution in [3.63, 3.8) is 0 Å². The summed E-state index contributed by atoms with van der Waals surface area (Å²) in [5.41, 5.74) is 4.72. The molecular formula is C9H13NO3. The van der Waals surface area contributed by atoms with Crippen LogP contribution in [-0.2, 0) is 14.3 Å². The number of rotatable bonds is 3. The molecule has 1 aliphatic rings. The molecule has 0 spiro atoms. The lowest BCUT2D eigenvalue weighted by Gasteiger charge is -2.32. The maximum atomic E-state index is 11.2. The van der Waals surface area contributed by atoms with Crippen LogP contribution < -0.4 is 5.73 Å². The molecule has 4 heteroatoms. The summed E-state index contributed by atoms with van der Waals surface area (Å²) < 4.78 is 5.13. The van der Waals surface area contributed by atoms with E-state index in [2.05, 4.69) is 0 Å². The van der Waals surface area contributed by atoms with E-state index in [0.717, 1.165) is 0 Å². The topological polar surface area (TPSA) is 69.4 Å². The number of primary amides is 1. The van der Waals surface area contributed by atoms with Gasteiger partial charge in [-0.25, -0.2) is 4.79 Å². The summed E-state index contributed by atoms with van der Waals surface area (Å²) >= 11 is 0. The third kappa shape index (κ3) is 2.17. The summed E-state index contributed by atoms with van der Waals surface area (Å²) in [6.07, 6.45) is 2.91. The zero-order valence-electron chi connectivity index (χ0n) is 7.41. The Kier molecular flexibility index (Phi) is 3.23. The molecule has 72 valence electrons. The first kappa shape index (κ1) is 9.96. The molecular weight excluding hydrogens is 170 g/mol. The van der Waals surface area contributed by atoms with Gasteiger partial charge in [-0.3, -0.25) is 4.79 Å². The van der Waals surface area contributed by atoms with Crippen molar-refractivity contribution < 1.29 is 14.3 Å². The molecule has 0 aromatic carbocycles. The Bertz CT molecular complexity index is 237. The lowest BCUT2D eigenvalue weighted by Crippen LogP contribution is -2.41. The number of hydrogen-bond acceptors (Lipinski definition) is 3. The molecule has 1 rings (SSSR count). The number of carbonyl (C=O) groups is 1. The Morgan fingerprint density at radius 2 is 2.15 bits per heavy atom. The summed E-state index contributed by atoms with van der Waals surface area (Å²) in [7, 11) is 0. The Hall–Kier alpha value is -1.12. The molecule has 13 heavy (non-hydrogen) atoms. The molecule has 0 aliphatic carbocycles. The van der Waals surface area contributed by atoms with Crippen LogP contribution >= 0.6 is 0 Å². The first-order valence-electron chi connectivity index (χ1n) is 4.28. The lowest BCUT2D eigenvalue weighted by molar-refractivity contribution is -0.132. The van der Waals surface area contributed by atoms with Crippen LogP contribution in [0.3, 0.4) is 0 Å². The summed E-state index contributed by atoms with van der Waals surface area (Å²) in [5.74, 6) is 1.33. The molecule has 0 aromatic heterocycles. The SMILES string of the molecule is NC(=O)C1(CC=C=O)CCOCC1. The second-order valence-electron chi connectivity index (χ2n) is 3.28. The fraction of sp³-hybridized carbons (Fsp3) is 0.667.